The molecule has 102 valence electrons. The summed E-state index contributed by atoms with van der Waals surface area (Å²) >= 11 is 4.73. The van der Waals surface area contributed by atoms with E-state index in [0.29, 0.717) is 6.54 Å². The van der Waals surface area contributed by atoms with Crippen LogP contribution < -0.4 is 5.32 Å². The van der Waals surface area contributed by atoms with Crippen LogP contribution in [0.5, 0.6) is 0 Å². The van der Waals surface area contributed by atoms with E-state index in [1.165, 1.54) is 11.8 Å². The van der Waals surface area contributed by atoms with E-state index >= 15 is 0 Å². The molecule has 1 aliphatic rings. The predicted molar refractivity (Wildman–Crippen MR) is 80.1 cm³/mol. The number of hydrogen-bond acceptors (Lipinski definition) is 3. The lowest BCUT2D eigenvalue weighted by Gasteiger charge is -2.19. The Bertz CT molecular complexity index is 495. The number of nitrogens with zero attached hydrogens (tertiary/aromatic N) is 1. The molecule has 1 aliphatic heterocycles. The molecular formula is C13H15BrN2O2S. The van der Waals surface area contributed by atoms with E-state index in [2.05, 4.69) is 21.2 Å². The lowest BCUT2D eigenvalue weighted by atomic mass is 10.1. The Hall–Kier alpha value is -1.01. The highest BCUT2D eigenvalue weighted by Crippen LogP contribution is 2.23. The number of halogens is 1. The summed E-state index contributed by atoms with van der Waals surface area (Å²) in [6.07, 6.45) is 0. The topological polar surface area (TPSA) is 49.4 Å². The van der Waals surface area contributed by atoms with Gasteiger partial charge in [0.25, 0.3) is 5.24 Å². The fraction of sp³-hybridized carbons (Fsp3) is 0.385. The maximum absolute atomic E-state index is 11.9. The largest absolute Gasteiger partial charge is 0.348 e. The van der Waals surface area contributed by atoms with Crippen molar-refractivity contribution in [1.29, 1.82) is 0 Å². The summed E-state index contributed by atoms with van der Waals surface area (Å²) in [5, 5.41) is 2.90. The Morgan fingerprint density at radius 1 is 1.53 bits per heavy atom. The van der Waals surface area contributed by atoms with E-state index in [1.54, 1.807) is 4.90 Å². The van der Waals surface area contributed by atoms with Gasteiger partial charge in [-0.2, -0.15) is 0 Å². The van der Waals surface area contributed by atoms with E-state index in [1.807, 2.05) is 31.2 Å². The highest BCUT2D eigenvalue weighted by Gasteiger charge is 2.23. The van der Waals surface area contributed by atoms with Gasteiger partial charge in [-0.1, -0.05) is 45.9 Å². The Morgan fingerprint density at radius 2 is 2.26 bits per heavy atom. The molecule has 19 heavy (non-hydrogen) atoms. The molecule has 1 aromatic rings. The summed E-state index contributed by atoms with van der Waals surface area (Å²) in [7, 11) is 0. The van der Waals surface area contributed by atoms with Crippen LogP contribution in [0.4, 0.5) is 4.79 Å². The number of carbonyl (C=O) groups is 2. The standard InChI is InChI=1S/C13H15BrN2O2S/c1-9(10-4-2-3-5-11(10)14)15-12(17)8-16-6-7-19-13(16)18/h2-5,9H,6-8H2,1H3,(H,15,17). The van der Waals surface area contributed by atoms with Crippen LogP contribution in [-0.2, 0) is 4.79 Å². The first-order valence-corrected chi connectivity index (χ1v) is 7.81. The maximum atomic E-state index is 11.9. The molecule has 2 rings (SSSR count). The molecular weight excluding hydrogens is 328 g/mol. The van der Waals surface area contributed by atoms with Gasteiger partial charge in [-0.25, -0.2) is 0 Å². The van der Waals surface area contributed by atoms with Crippen LogP contribution in [0.3, 0.4) is 0 Å². The van der Waals surface area contributed by atoms with Crippen LogP contribution in [0.25, 0.3) is 0 Å². The van der Waals surface area contributed by atoms with Crippen molar-refractivity contribution in [2.75, 3.05) is 18.8 Å². The lowest BCUT2D eigenvalue weighted by Crippen LogP contribution is -2.38. The Balaban J connectivity index is 1.92. The van der Waals surface area contributed by atoms with Gasteiger partial charge in [0.1, 0.15) is 6.54 Å². The monoisotopic (exact) mass is 342 g/mol. The molecule has 1 heterocycles. The molecule has 0 saturated carbocycles. The van der Waals surface area contributed by atoms with Crippen molar-refractivity contribution in [3.63, 3.8) is 0 Å². The Labute approximate surface area is 125 Å². The number of thioether (sulfide) groups is 1. The molecule has 1 fully saturated rings. The van der Waals surface area contributed by atoms with Crippen molar-refractivity contribution in [1.82, 2.24) is 10.2 Å². The number of rotatable bonds is 4. The van der Waals surface area contributed by atoms with E-state index in [0.717, 1.165) is 15.8 Å². The highest BCUT2D eigenvalue weighted by molar-refractivity contribution is 9.10. The van der Waals surface area contributed by atoms with Gasteiger partial charge in [0.15, 0.2) is 0 Å². The Morgan fingerprint density at radius 3 is 2.89 bits per heavy atom. The van der Waals surface area contributed by atoms with Crippen LogP contribution in [-0.4, -0.2) is 34.9 Å². The molecule has 0 radical (unpaired) electrons. The third-order valence-electron chi connectivity index (χ3n) is 2.93. The molecule has 1 unspecified atom stereocenters. The lowest BCUT2D eigenvalue weighted by molar-refractivity contribution is -0.122. The van der Waals surface area contributed by atoms with Gasteiger partial charge in [-0.15, -0.1) is 0 Å². The highest BCUT2D eigenvalue weighted by atomic mass is 79.9. The van der Waals surface area contributed by atoms with Crippen LogP contribution in [0, 0.1) is 0 Å². The normalized spacial score (nSPS) is 16.5. The van der Waals surface area contributed by atoms with Gasteiger partial charge in [-0.3, -0.25) is 9.59 Å². The molecule has 4 nitrogen and oxygen atoms in total. The maximum Gasteiger partial charge on any atom is 0.282 e. The fourth-order valence-corrected chi connectivity index (χ4v) is 3.39. The van der Waals surface area contributed by atoms with Gasteiger partial charge in [-0.05, 0) is 18.6 Å². The zero-order chi connectivity index (χ0) is 13.8. The number of nitrogens with one attached hydrogen (secondary N) is 1. The van der Waals surface area contributed by atoms with E-state index < -0.39 is 0 Å². The number of hydrogen-bond donors (Lipinski definition) is 1. The number of amides is 2. The second kappa shape index (κ2) is 6.43. The third kappa shape index (κ3) is 3.73. The summed E-state index contributed by atoms with van der Waals surface area (Å²) in [6, 6.07) is 7.68. The van der Waals surface area contributed by atoms with Crippen LogP contribution in [0.15, 0.2) is 28.7 Å². The molecule has 0 aliphatic carbocycles. The van der Waals surface area contributed by atoms with Crippen molar-refractivity contribution < 1.29 is 9.59 Å². The van der Waals surface area contributed by atoms with E-state index in [-0.39, 0.29) is 23.7 Å². The van der Waals surface area contributed by atoms with Gasteiger partial charge >= 0.3 is 0 Å². The summed E-state index contributed by atoms with van der Waals surface area (Å²) in [4.78, 5) is 24.9. The molecule has 1 saturated heterocycles. The van der Waals surface area contributed by atoms with Crippen molar-refractivity contribution >= 4 is 38.8 Å². The molecule has 1 N–H and O–H groups in total. The summed E-state index contributed by atoms with van der Waals surface area (Å²) in [5.41, 5.74) is 1.03. The third-order valence-corrected chi connectivity index (χ3v) is 4.54. The summed E-state index contributed by atoms with van der Waals surface area (Å²) in [6.45, 7) is 2.72. The van der Waals surface area contributed by atoms with Gasteiger partial charge in [0.2, 0.25) is 5.91 Å². The van der Waals surface area contributed by atoms with E-state index in [4.69, 9.17) is 0 Å². The minimum absolute atomic E-state index is 0.0105. The average molecular weight is 343 g/mol. The minimum Gasteiger partial charge on any atom is -0.348 e. The molecule has 0 spiro atoms. The number of benzene rings is 1. The molecule has 0 aromatic heterocycles. The minimum atomic E-state index is -0.126. The van der Waals surface area contributed by atoms with Crippen molar-refractivity contribution in [3.05, 3.63) is 34.3 Å². The van der Waals surface area contributed by atoms with Gasteiger partial charge < -0.3 is 10.2 Å². The SMILES string of the molecule is CC(NC(=O)CN1CCSC1=O)c1ccccc1Br. The molecule has 0 bridgehead atoms. The first-order valence-electron chi connectivity index (χ1n) is 6.03. The fourth-order valence-electron chi connectivity index (χ4n) is 1.93. The molecule has 6 heteroatoms. The second-order valence-electron chi connectivity index (χ2n) is 4.35. The quantitative estimate of drug-likeness (QED) is 0.915. The van der Waals surface area contributed by atoms with Crippen LogP contribution >= 0.6 is 27.7 Å². The molecule has 2 amide bonds. The van der Waals surface area contributed by atoms with Gasteiger partial charge in [0.05, 0.1) is 6.04 Å². The molecule has 1 aromatic carbocycles. The van der Waals surface area contributed by atoms with Crippen LogP contribution in [0.1, 0.15) is 18.5 Å². The zero-order valence-electron chi connectivity index (χ0n) is 10.6. The van der Waals surface area contributed by atoms with Crippen molar-refractivity contribution in [2.24, 2.45) is 0 Å². The van der Waals surface area contributed by atoms with Crippen molar-refractivity contribution in [3.8, 4) is 0 Å². The Kier molecular flexibility index (Phi) is 4.87. The summed E-state index contributed by atoms with van der Waals surface area (Å²) < 4.78 is 0.968. The first-order chi connectivity index (χ1) is 9.08. The second-order valence-corrected chi connectivity index (χ2v) is 6.25. The van der Waals surface area contributed by atoms with Crippen molar-refractivity contribution in [2.45, 2.75) is 13.0 Å². The first kappa shape index (κ1) is 14.4. The smallest absolute Gasteiger partial charge is 0.282 e. The van der Waals surface area contributed by atoms with Gasteiger partial charge in [0, 0.05) is 16.8 Å². The summed E-state index contributed by atoms with van der Waals surface area (Å²) in [5.74, 6) is 0.644. The molecule has 1 atom stereocenters. The van der Waals surface area contributed by atoms with E-state index in [9.17, 15) is 9.59 Å². The van der Waals surface area contributed by atoms with Crippen LogP contribution in [0.2, 0.25) is 0 Å². The predicted octanol–water partition coefficient (Wildman–Crippen LogP) is 2.80. The zero-order valence-corrected chi connectivity index (χ0v) is 13.0. The number of carbonyl (C=O) groups excluding carboxylic acids is 2. The average Bonchev–Trinajstić information content (AvgIpc) is 2.75.